The zero-order chi connectivity index (χ0) is 29.1. The lowest BCUT2D eigenvalue weighted by atomic mass is 10.0. The molecule has 5 rings (SSSR count). The van der Waals surface area contributed by atoms with Gasteiger partial charge in [-0.15, -0.1) is 0 Å². The fourth-order valence-corrected chi connectivity index (χ4v) is 4.56. The Hall–Kier alpha value is -4.58. The number of anilines is 1. The van der Waals surface area contributed by atoms with Crippen molar-refractivity contribution in [3.8, 4) is 34.1 Å². The third-order valence-electron chi connectivity index (χ3n) is 6.73. The molecule has 11 heteroatoms. The molecule has 3 N–H and O–H groups in total. The van der Waals surface area contributed by atoms with E-state index in [9.17, 15) is 19.8 Å². The number of fused-ring (bicyclic) bond motifs is 1. The number of benzene rings is 3. The highest BCUT2D eigenvalue weighted by Crippen LogP contribution is 2.37. The fourth-order valence-electron chi connectivity index (χ4n) is 4.56. The van der Waals surface area contributed by atoms with Gasteiger partial charge >= 0.3 is 5.63 Å². The first-order valence-electron chi connectivity index (χ1n) is 12.8. The van der Waals surface area contributed by atoms with E-state index in [2.05, 4.69) is 5.32 Å². The smallest absolute Gasteiger partial charge is 0.360 e. The summed E-state index contributed by atoms with van der Waals surface area (Å²) in [7, 11) is 4.48. The molecule has 4 aromatic rings. The molecule has 1 fully saturated rings. The van der Waals surface area contributed by atoms with E-state index >= 15 is 0 Å². The van der Waals surface area contributed by atoms with Crippen LogP contribution in [-0.2, 0) is 4.74 Å². The number of aliphatic hydroxyl groups is 2. The molecular formula is C30H29NO10. The Morgan fingerprint density at radius 2 is 1.76 bits per heavy atom. The summed E-state index contributed by atoms with van der Waals surface area (Å²) in [4.78, 5) is 26.1. The molecule has 3 aromatic carbocycles. The average Bonchev–Trinajstić information content (AvgIpc) is 2.99. The zero-order valence-electron chi connectivity index (χ0n) is 22.6. The predicted molar refractivity (Wildman–Crippen MR) is 149 cm³/mol. The van der Waals surface area contributed by atoms with E-state index in [-0.39, 0.29) is 41.4 Å². The van der Waals surface area contributed by atoms with Crippen LogP contribution in [-0.4, -0.2) is 62.6 Å². The summed E-state index contributed by atoms with van der Waals surface area (Å²) in [5, 5.41) is 23.2. The van der Waals surface area contributed by atoms with Crippen molar-refractivity contribution >= 4 is 22.6 Å². The van der Waals surface area contributed by atoms with Gasteiger partial charge in [0.05, 0.1) is 34.0 Å². The molecule has 0 unspecified atom stereocenters. The Balaban J connectivity index is 1.43. The molecule has 0 saturated carbocycles. The number of hydrogen-bond donors (Lipinski definition) is 3. The number of hydrogen-bond acceptors (Lipinski definition) is 10. The summed E-state index contributed by atoms with van der Waals surface area (Å²) >= 11 is 0. The minimum Gasteiger partial charge on any atom is -0.497 e. The van der Waals surface area contributed by atoms with Gasteiger partial charge in [0.15, 0.2) is 11.3 Å². The van der Waals surface area contributed by atoms with Crippen molar-refractivity contribution in [2.75, 3.05) is 33.3 Å². The van der Waals surface area contributed by atoms with Crippen LogP contribution < -0.4 is 29.9 Å². The highest BCUT2D eigenvalue weighted by Gasteiger charge is 2.34. The molecule has 0 spiro atoms. The van der Waals surface area contributed by atoms with Gasteiger partial charge in [-0.1, -0.05) is 12.1 Å². The second kappa shape index (κ2) is 11.9. The molecule has 3 atom stereocenters. The quantitative estimate of drug-likeness (QED) is 0.272. The van der Waals surface area contributed by atoms with Crippen molar-refractivity contribution in [2.24, 2.45) is 0 Å². The van der Waals surface area contributed by atoms with E-state index in [1.165, 1.54) is 20.3 Å². The summed E-state index contributed by atoms with van der Waals surface area (Å²) in [6.07, 6.45) is -3.13. The van der Waals surface area contributed by atoms with Gasteiger partial charge in [0, 0.05) is 16.5 Å². The molecule has 214 valence electrons. The number of aliphatic hydroxyl groups excluding tert-OH is 2. The minimum atomic E-state index is -1.27. The van der Waals surface area contributed by atoms with Crippen molar-refractivity contribution in [3.05, 3.63) is 76.6 Å². The van der Waals surface area contributed by atoms with Gasteiger partial charge in [-0.2, -0.15) is 0 Å². The van der Waals surface area contributed by atoms with Gasteiger partial charge in [-0.05, 0) is 60.5 Å². The first-order valence-corrected chi connectivity index (χ1v) is 12.8. The molecule has 1 aliphatic heterocycles. The molecule has 1 saturated heterocycles. The van der Waals surface area contributed by atoms with Gasteiger partial charge in [0.1, 0.15) is 23.3 Å². The lowest BCUT2D eigenvalue weighted by Crippen LogP contribution is -2.47. The number of ether oxygens (including phenoxy) is 5. The Kier molecular flexibility index (Phi) is 8.11. The molecule has 11 nitrogen and oxygen atoms in total. The topological polar surface area (TPSA) is 146 Å². The zero-order valence-corrected chi connectivity index (χ0v) is 22.6. The van der Waals surface area contributed by atoms with E-state index < -0.39 is 30.0 Å². The summed E-state index contributed by atoms with van der Waals surface area (Å²) in [5.74, 6) is 0.910. The van der Waals surface area contributed by atoms with Crippen molar-refractivity contribution in [3.63, 3.8) is 0 Å². The van der Waals surface area contributed by atoms with E-state index in [1.54, 1.807) is 37.4 Å². The van der Waals surface area contributed by atoms with E-state index in [0.717, 1.165) is 5.56 Å². The number of carbonyl (C=O) groups excluding carboxylic acids is 1. The number of nitrogens with one attached hydrogen (secondary N) is 1. The number of rotatable bonds is 8. The molecule has 0 radical (unpaired) electrons. The van der Waals surface area contributed by atoms with Gasteiger partial charge in [-0.3, -0.25) is 4.79 Å². The molecule has 1 amide bonds. The second-order valence-electron chi connectivity index (χ2n) is 9.27. The number of amides is 1. The maximum atomic E-state index is 13.2. The van der Waals surface area contributed by atoms with Crippen LogP contribution in [0.5, 0.6) is 23.0 Å². The van der Waals surface area contributed by atoms with Crippen LogP contribution in [0.15, 0.2) is 69.9 Å². The van der Waals surface area contributed by atoms with Gasteiger partial charge in [0.25, 0.3) is 5.91 Å². The van der Waals surface area contributed by atoms with Gasteiger partial charge in [0.2, 0.25) is 12.0 Å². The number of carbonyl (C=O) groups is 1. The third-order valence-corrected chi connectivity index (χ3v) is 6.73. The van der Waals surface area contributed by atoms with Crippen molar-refractivity contribution in [1.82, 2.24) is 0 Å². The number of methoxy groups -OCH3 is 3. The second-order valence-corrected chi connectivity index (χ2v) is 9.27. The van der Waals surface area contributed by atoms with Crippen molar-refractivity contribution in [2.45, 2.75) is 24.9 Å². The standard InChI is InChI=1S/C30H29NO10/c1-36-19-6-4-5-16(13-19)20-14-18(8-9-23(20)37-2)28(34)31-21-15-17-7-10-24(27(38-3)26(17)41-29(21)35)40-30-25(33)22(32)11-12-39-30/h4-10,13-15,22,25,30,32-33H,11-12H2,1-3H3,(H,31,34)/t22-,25-,30-/m1/s1. The van der Waals surface area contributed by atoms with Crippen LogP contribution in [0.2, 0.25) is 0 Å². The van der Waals surface area contributed by atoms with Crippen LogP contribution in [0.4, 0.5) is 5.69 Å². The van der Waals surface area contributed by atoms with Gasteiger partial charge in [-0.25, -0.2) is 4.79 Å². The maximum absolute atomic E-state index is 13.2. The molecular weight excluding hydrogens is 534 g/mol. The Morgan fingerprint density at radius 1 is 0.951 bits per heavy atom. The van der Waals surface area contributed by atoms with Crippen LogP contribution >= 0.6 is 0 Å². The predicted octanol–water partition coefficient (Wildman–Crippen LogP) is 3.59. The average molecular weight is 564 g/mol. The third kappa shape index (κ3) is 5.68. The van der Waals surface area contributed by atoms with Gasteiger partial charge < -0.3 is 43.6 Å². The Morgan fingerprint density at radius 3 is 2.51 bits per heavy atom. The molecule has 0 aliphatic carbocycles. The van der Waals surface area contributed by atoms with Crippen LogP contribution in [0.1, 0.15) is 16.8 Å². The Labute approximate surface area is 234 Å². The first-order chi connectivity index (χ1) is 19.8. The van der Waals surface area contributed by atoms with Crippen molar-refractivity contribution in [1.29, 1.82) is 0 Å². The summed E-state index contributed by atoms with van der Waals surface area (Å²) < 4.78 is 32.9. The summed E-state index contributed by atoms with van der Waals surface area (Å²) in [5.41, 5.74) is 0.924. The first kappa shape index (κ1) is 28.0. The normalized spacial score (nSPS) is 18.5. The molecule has 1 aromatic heterocycles. The highest BCUT2D eigenvalue weighted by atomic mass is 16.7. The van der Waals surface area contributed by atoms with E-state index in [0.29, 0.717) is 22.4 Å². The monoisotopic (exact) mass is 563 g/mol. The molecule has 0 bridgehead atoms. The molecule has 1 aliphatic rings. The van der Waals surface area contributed by atoms with E-state index in [4.69, 9.17) is 28.1 Å². The lowest BCUT2D eigenvalue weighted by molar-refractivity contribution is -0.207. The lowest BCUT2D eigenvalue weighted by Gasteiger charge is -2.32. The highest BCUT2D eigenvalue weighted by molar-refractivity contribution is 6.06. The molecule has 2 heterocycles. The Bertz CT molecular complexity index is 1630. The minimum absolute atomic E-state index is 0.0728. The van der Waals surface area contributed by atoms with Crippen molar-refractivity contribution < 1.29 is 43.1 Å². The molecule has 41 heavy (non-hydrogen) atoms. The van der Waals surface area contributed by atoms with E-state index in [1.807, 2.05) is 24.3 Å². The largest absolute Gasteiger partial charge is 0.497 e. The van der Waals surface area contributed by atoms with Crippen LogP contribution in [0.25, 0.3) is 22.1 Å². The summed E-state index contributed by atoms with van der Waals surface area (Å²) in [6, 6.07) is 16.9. The van der Waals surface area contributed by atoms with Crippen LogP contribution in [0.3, 0.4) is 0 Å². The maximum Gasteiger partial charge on any atom is 0.360 e. The fraction of sp³-hybridized carbons (Fsp3) is 0.267. The van der Waals surface area contributed by atoms with Crippen LogP contribution in [0, 0.1) is 0 Å². The summed E-state index contributed by atoms with van der Waals surface area (Å²) in [6.45, 7) is 0.201. The SMILES string of the molecule is COc1cccc(-c2cc(C(=O)Nc3cc4ccc(O[C@H]5OCC[C@@H](O)[C@H]5O)c(OC)c4oc3=O)ccc2OC)c1.